The molecule has 0 aliphatic carbocycles. The van der Waals surface area contributed by atoms with E-state index in [1.54, 1.807) is 6.20 Å². The summed E-state index contributed by atoms with van der Waals surface area (Å²) in [5.41, 5.74) is 9.80. The molecule has 0 bridgehead atoms. The zero-order valence-electron chi connectivity index (χ0n) is 8.51. The monoisotopic (exact) mass is 211 g/mol. The Hall–Kier alpha value is -2.44. The van der Waals surface area contributed by atoms with Gasteiger partial charge in [-0.05, 0) is 17.7 Å². The molecule has 78 valence electrons. The van der Waals surface area contributed by atoms with Crippen LogP contribution in [0.3, 0.4) is 0 Å². The van der Waals surface area contributed by atoms with Gasteiger partial charge in [-0.25, -0.2) is 4.98 Å². The van der Waals surface area contributed by atoms with Crippen molar-refractivity contribution < 1.29 is 0 Å². The molecule has 0 aromatic carbocycles. The summed E-state index contributed by atoms with van der Waals surface area (Å²) in [5, 5.41) is 4.45. The van der Waals surface area contributed by atoms with Gasteiger partial charge >= 0.3 is 0 Å². The fourth-order valence-corrected chi connectivity index (χ4v) is 1.32. The lowest BCUT2D eigenvalue weighted by molar-refractivity contribution is 1.01. The predicted octanol–water partition coefficient (Wildman–Crippen LogP) is 2.61. The van der Waals surface area contributed by atoms with Crippen molar-refractivity contribution in [2.45, 2.75) is 6.42 Å². The molecule has 2 aromatic rings. The molecule has 16 heavy (non-hydrogen) atoms. The molecular weight excluding hydrogens is 202 g/mol. The van der Waals surface area contributed by atoms with Crippen LogP contribution >= 0.6 is 0 Å². The highest BCUT2D eigenvalue weighted by atomic mass is 15.1. The van der Waals surface area contributed by atoms with E-state index in [0.717, 1.165) is 16.6 Å². The van der Waals surface area contributed by atoms with Crippen LogP contribution in [0.15, 0.2) is 29.6 Å². The molecule has 0 amide bonds. The molecule has 0 unspecified atom stereocenters. The number of hydrogen-bond acceptors (Lipinski definition) is 2. The fourth-order valence-electron chi connectivity index (χ4n) is 1.32. The van der Waals surface area contributed by atoms with Crippen LogP contribution in [-0.4, -0.2) is 16.5 Å². The Bertz CT molecular complexity index is 595. The second kappa shape index (κ2) is 4.87. The zero-order valence-corrected chi connectivity index (χ0v) is 8.51. The molecule has 0 spiro atoms. The molecule has 0 saturated heterocycles. The summed E-state index contributed by atoms with van der Waals surface area (Å²) >= 11 is 0. The number of pyridine rings is 1. The lowest BCUT2D eigenvalue weighted by Gasteiger charge is -1.90. The van der Waals surface area contributed by atoms with E-state index < -0.39 is 0 Å². The van der Waals surface area contributed by atoms with Gasteiger partial charge in [0.1, 0.15) is 5.65 Å². The number of aromatic nitrogens is 2. The minimum atomic E-state index is 0.406. The summed E-state index contributed by atoms with van der Waals surface area (Å²) in [6.45, 7) is 0.406. The minimum Gasteiger partial charge on any atom is -0.346 e. The van der Waals surface area contributed by atoms with E-state index in [1.807, 2.05) is 18.3 Å². The Morgan fingerprint density at radius 1 is 1.56 bits per heavy atom. The summed E-state index contributed by atoms with van der Waals surface area (Å²) < 4.78 is 0. The third-order valence-corrected chi connectivity index (χ3v) is 2.03. The lowest BCUT2D eigenvalue weighted by Crippen LogP contribution is -1.80. The van der Waals surface area contributed by atoms with Crippen LogP contribution in [0.4, 0.5) is 0 Å². The predicted molar refractivity (Wildman–Crippen MR) is 61.6 cm³/mol. The first kappa shape index (κ1) is 10.1. The summed E-state index contributed by atoms with van der Waals surface area (Å²) in [5.74, 6) is 5.90. The molecule has 0 atom stereocenters. The van der Waals surface area contributed by atoms with Crippen molar-refractivity contribution in [1.82, 2.24) is 9.97 Å². The molecule has 5 heteroatoms. The van der Waals surface area contributed by atoms with E-state index in [-0.39, 0.29) is 0 Å². The maximum Gasteiger partial charge on any atom is 0.137 e. The van der Waals surface area contributed by atoms with E-state index in [4.69, 9.17) is 5.53 Å². The van der Waals surface area contributed by atoms with Gasteiger partial charge in [0.25, 0.3) is 0 Å². The smallest absolute Gasteiger partial charge is 0.137 e. The number of azide groups is 1. The van der Waals surface area contributed by atoms with Crippen molar-refractivity contribution in [2.75, 3.05) is 6.54 Å². The van der Waals surface area contributed by atoms with Gasteiger partial charge in [0.2, 0.25) is 0 Å². The number of hydrogen-bond donors (Lipinski definition) is 1. The van der Waals surface area contributed by atoms with E-state index in [2.05, 4.69) is 31.8 Å². The number of fused-ring (bicyclic) bond motifs is 1. The third kappa shape index (κ3) is 2.32. The topological polar surface area (TPSA) is 77.4 Å². The zero-order chi connectivity index (χ0) is 11.2. The van der Waals surface area contributed by atoms with Crippen LogP contribution in [0.5, 0.6) is 0 Å². The number of rotatable bonds is 2. The van der Waals surface area contributed by atoms with E-state index in [9.17, 15) is 0 Å². The lowest BCUT2D eigenvalue weighted by atomic mass is 10.2. The van der Waals surface area contributed by atoms with Crippen LogP contribution < -0.4 is 0 Å². The molecule has 0 aliphatic rings. The van der Waals surface area contributed by atoms with E-state index in [0.29, 0.717) is 13.0 Å². The molecule has 5 nitrogen and oxygen atoms in total. The van der Waals surface area contributed by atoms with Crippen molar-refractivity contribution in [3.8, 4) is 11.8 Å². The van der Waals surface area contributed by atoms with Crippen molar-refractivity contribution in [1.29, 1.82) is 0 Å². The van der Waals surface area contributed by atoms with Crippen molar-refractivity contribution >= 4 is 11.0 Å². The van der Waals surface area contributed by atoms with Gasteiger partial charge in [-0.3, -0.25) is 0 Å². The standard InChI is InChI=1S/C11H9N5/c12-16-15-5-2-1-3-9-7-10-4-6-13-11(10)14-8-9/h4,6-8H,2,5H2,(H,13,14). The fraction of sp³-hybridized carbons (Fsp3) is 0.182. The number of H-pyrrole nitrogens is 1. The van der Waals surface area contributed by atoms with Crippen LogP contribution in [0.2, 0.25) is 0 Å². The number of nitrogens with zero attached hydrogens (tertiary/aromatic N) is 4. The summed E-state index contributed by atoms with van der Waals surface area (Å²) in [4.78, 5) is 9.89. The van der Waals surface area contributed by atoms with Gasteiger partial charge in [0.05, 0.1) is 0 Å². The normalized spacial score (nSPS) is 9.25. The van der Waals surface area contributed by atoms with Crippen LogP contribution in [0.25, 0.3) is 21.5 Å². The Balaban J connectivity index is 2.11. The highest BCUT2D eigenvalue weighted by Gasteiger charge is 1.95. The average molecular weight is 211 g/mol. The molecule has 0 saturated carbocycles. The van der Waals surface area contributed by atoms with Crippen molar-refractivity contribution in [2.24, 2.45) is 5.11 Å². The first-order valence-electron chi connectivity index (χ1n) is 4.83. The molecule has 2 aromatic heterocycles. The molecule has 0 aliphatic heterocycles. The molecule has 2 heterocycles. The summed E-state index contributed by atoms with van der Waals surface area (Å²) in [6, 6.07) is 3.92. The Labute approximate surface area is 92.1 Å². The molecular formula is C11H9N5. The van der Waals surface area contributed by atoms with Crippen molar-refractivity contribution in [3.63, 3.8) is 0 Å². The maximum absolute atomic E-state index is 8.07. The van der Waals surface area contributed by atoms with Gasteiger partial charge in [0.15, 0.2) is 0 Å². The van der Waals surface area contributed by atoms with E-state index >= 15 is 0 Å². The Morgan fingerprint density at radius 2 is 2.50 bits per heavy atom. The maximum atomic E-state index is 8.07. The SMILES string of the molecule is [N-]=[N+]=NCCC#Cc1cnc2[nH]ccc2c1. The quantitative estimate of drug-likeness (QED) is 0.268. The first-order valence-corrected chi connectivity index (χ1v) is 4.83. The summed E-state index contributed by atoms with van der Waals surface area (Å²) in [6.07, 6.45) is 4.13. The molecule has 2 rings (SSSR count). The Morgan fingerprint density at radius 3 is 3.38 bits per heavy atom. The van der Waals surface area contributed by atoms with Crippen LogP contribution in [-0.2, 0) is 0 Å². The van der Waals surface area contributed by atoms with Gasteiger partial charge < -0.3 is 4.98 Å². The van der Waals surface area contributed by atoms with E-state index in [1.165, 1.54) is 0 Å². The van der Waals surface area contributed by atoms with Gasteiger partial charge in [-0.2, -0.15) is 0 Å². The van der Waals surface area contributed by atoms with Gasteiger partial charge in [-0.1, -0.05) is 17.0 Å². The Kier molecular flexibility index (Phi) is 3.07. The van der Waals surface area contributed by atoms with Crippen LogP contribution in [0.1, 0.15) is 12.0 Å². The number of aromatic amines is 1. The van der Waals surface area contributed by atoms with Crippen molar-refractivity contribution in [3.05, 3.63) is 40.5 Å². The summed E-state index contributed by atoms with van der Waals surface area (Å²) in [7, 11) is 0. The average Bonchev–Trinajstić information content (AvgIpc) is 2.76. The third-order valence-electron chi connectivity index (χ3n) is 2.03. The largest absolute Gasteiger partial charge is 0.346 e. The first-order chi connectivity index (χ1) is 7.90. The highest BCUT2D eigenvalue weighted by molar-refractivity contribution is 5.76. The van der Waals surface area contributed by atoms with Gasteiger partial charge in [0, 0.05) is 41.2 Å². The second-order valence-corrected chi connectivity index (χ2v) is 3.15. The molecule has 0 fully saturated rings. The second-order valence-electron chi connectivity index (χ2n) is 3.15. The van der Waals surface area contributed by atoms with Gasteiger partial charge in [-0.15, -0.1) is 0 Å². The minimum absolute atomic E-state index is 0.406. The van der Waals surface area contributed by atoms with Crippen LogP contribution in [0, 0.1) is 11.8 Å². The molecule has 0 radical (unpaired) electrons. The molecule has 1 N–H and O–H groups in total. The highest BCUT2D eigenvalue weighted by Crippen LogP contribution is 2.10. The number of nitrogens with one attached hydrogen (secondary N) is 1.